The van der Waals surface area contributed by atoms with Gasteiger partial charge in [-0.05, 0) is 25.5 Å². The number of nitrogens with zero attached hydrogens (tertiary/aromatic N) is 3. The van der Waals surface area contributed by atoms with Gasteiger partial charge in [0, 0.05) is 13.1 Å². The number of para-hydroxylation sites is 1. The van der Waals surface area contributed by atoms with Crippen molar-refractivity contribution in [3.63, 3.8) is 0 Å². The third kappa shape index (κ3) is 2.11. The molecule has 0 amide bonds. The molecular formula is C14H13N3O2. The predicted molar refractivity (Wildman–Crippen MR) is 68.4 cm³/mol. The summed E-state index contributed by atoms with van der Waals surface area (Å²) >= 11 is 0. The maximum atomic E-state index is 11.3. The number of carbonyl (C=O) groups is 1. The average molecular weight is 255 g/mol. The van der Waals surface area contributed by atoms with Crippen LogP contribution < -0.4 is 4.90 Å². The van der Waals surface area contributed by atoms with E-state index < -0.39 is 11.4 Å². The van der Waals surface area contributed by atoms with Gasteiger partial charge in [-0.2, -0.15) is 10.5 Å². The Morgan fingerprint density at radius 2 is 1.95 bits per heavy atom. The van der Waals surface area contributed by atoms with Crippen LogP contribution in [0.4, 0.5) is 5.69 Å². The van der Waals surface area contributed by atoms with E-state index in [1.807, 2.05) is 4.90 Å². The van der Waals surface area contributed by atoms with E-state index in [1.165, 1.54) is 0 Å². The predicted octanol–water partition coefficient (Wildman–Crippen LogP) is 1.73. The number of carboxylic acids is 1. The summed E-state index contributed by atoms with van der Waals surface area (Å²) in [6.07, 6.45) is 0.507. The number of hydrogen-bond acceptors (Lipinski definition) is 4. The van der Waals surface area contributed by atoms with Crippen molar-refractivity contribution in [3.8, 4) is 12.1 Å². The van der Waals surface area contributed by atoms with Crippen LogP contribution in [-0.2, 0) is 4.79 Å². The van der Waals surface area contributed by atoms with Crippen LogP contribution in [0.1, 0.15) is 24.5 Å². The molecule has 0 saturated carbocycles. The lowest BCUT2D eigenvalue weighted by Crippen LogP contribution is -2.32. The van der Waals surface area contributed by atoms with E-state index in [-0.39, 0.29) is 0 Å². The standard InChI is InChI=1S/C14H13N3O2/c1-14(13(18)19)5-6-17(9-14)12-10(7-15)3-2-4-11(12)8-16/h2-4H,5-6,9H2,1H3,(H,18,19). The molecule has 5 heteroatoms. The largest absolute Gasteiger partial charge is 0.481 e. The number of carboxylic acid groups (broad SMARTS) is 1. The first-order valence-electron chi connectivity index (χ1n) is 5.93. The van der Waals surface area contributed by atoms with Crippen molar-refractivity contribution < 1.29 is 9.90 Å². The lowest BCUT2D eigenvalue weighted by Gasteiger charge is -2.23. The minimum Gasteiger partial charge on any atom is -0.481 e. The van der Waals surface area contributed by atoms with E-state index in [0.29, 0.717) is 36.3 Å². The van der Waals surface area contributed by atoms with Crippen LogP contribution in [0.2, 0.25) is 0 Å². The van der Waals surface area contributed by atoms with Crippen LogP contribution >= 0.6 is 0 Å². The van der Waals surface area contributed by atoms with Gasteiger partial charge in [0.05, 0.1) is 22.2 Å². The van der Waals surface area contributed by atoms with E-state index in [1.54, 1.807) is 25.1 Å². The molecule has 1 aromatic carbocycles. The Morgan fingerprint density at radius 3 is 2.37 bits per heavy atom. The first-order chi connectivity index (χ1) is 9.01. The molecule has 1 atom stereocenters. The molecular weight excluding hydrogens is 242 g/mol. The van der Waals surface area contributed by atoms with Crippen LogP contribution in [0.3, 0.4) is 0 Å². The zero-order valence-corrected chi connectivity index (χ0v) is 10.6. The average Bonchev–Trinajstić information content (AvgIpc) is 2.81. The van der Waals surface area contributed by atoms with Crippen molar-refractivity contribution in [1.82, 2.24) is 0 Å². The number of anilines is 1. The fraction of sp³-hybridized carbons (Fsp3) is 0.357. The van der Waals surface area contributed by atoms with Gasteiger partial charge in [0.15, 0.2) is 0 Å². The van der Waals surface area contributed by atoms with Gasteiger partial charge in [-0.3, -0.25) is 4.79 Å². The molecule has 1 aromatic rings. The van der Waals surface area contributed by atoms with Crippen molar-refractivity contribution >= 4 is 11.7 Å². The fourth-order valence-corrected chi connectivity index (χ4v) is 2.39. The van der Waals surface area contributed by atoms with Gasteiger partial charge < -0.3 is 10.0 Å². The molecule has 0 aliphatic carbocycles. The zero-order valence-electron chi connectivity index (χ0n) is 10.6. The summed E-state index contributed by atoms with van der Waals surface area (Å²) in [4.78, 5) is 13.1. The molecule has 5 nitrogen and oxygen atoms in total. The first-order valence-corrected chi connectivity index (χ1v) is 5.93. The van der Waals surface area contributed by atoms with Crippen molar-refractivity contribution in [2.45, 2.75) is 13.3 Å². The lowest BCUT2D eigenvalue weighted by molar-refractivity contribution is -0.146. The second kappa shape index (κ2) is 4.62. The minimum atomic E-state index is -0.844. The molecule has 0 bridgehead atoms. The normalized spacial score (nSPS) is 21.7. The Balaban J connectivity index is 2.43. The molecule has 2 rings (SSSR count). The van der Waals surface area contributed by atoms with Gasteiger partial charge in [0.1, 0.15) is 12.1 Å². The molecule has 1 heterocycles. The van der Waals surface area contributed by atoms with Crippen LogP contribution in [-0.4, -0.2) is 24.2 Å². The highest BCUT2D eigenvalue weighted by Gasteiger charge is 2.41. The van der Waals surface area contributed by atoms with Gasteiger partial charge in [0.2, 0.25) is 0 Å². The van der Waals surface area contributed by atoms with Crippen LogP contribution in [0.15, 0.2) is 18.2 Å². The van der Waals surface area contributed by atoms with Crippen LogP contribution in [0.5, 0.6) is 0 Å². The van der Waals surface area contributed by atoms with E-state index in [0.717, 1.165) is 0 Å². The highest BCUT2D eigenvalue weighted by molar-refractivity contribution is 5.77. The summed E-state index contributed by atoms with van der Waals surface area (Å²) in [6.45, 7) is 2.54. The van der Waals surface area contributed by atoms with Gasteiger partial charge >= 0.3 is 5.97 Å². The molecule has 96 valence electrons. The maximum absolute atomic E-state index is 11.3. The molecule has 1 N–H and O–H groups in total. The fourth-order valence-electron chi connectivity index (χ4n) is 2.39. The molecule has 1 aliphatic rings. The molecule has 0 aromatic heterocycles. The van der Waals surface area contributed by atoms with Gasteiger partial charge in [0.25, 0.3) is 0 Å². The Kier molecular flexibility index (Phi) is 3.14. The maximum Gasteiger partial charge on any atom is 0.311 e. The summed E-state index contributed by atoms with van der Waals surface area (Å²) < 4.78 is 0. The first kappa shape index (κ1) is 12.9. The zero-order chi connectivity index (χ0) is 14.0. The van der Waals surface area contributed by atoms with Gasteiger partial charge in [-0.15, -0.1) is 0 Å². The van der Waals surface area contributed by atoms with E-state index in [2.05, 4.69) is 12.1 Å². The number of nitriles is 2. The SMILES string of the molecule is CC1(C(=O)O)CCN(c2c(C#N)cccc2C#N)C1. The van der Waals surface area contributed by atoms with E-state index in [4.69, 9.17) is 10.5 Å². The Labute approximate surface area is 111 Å². The molecule has 1 saturated heterocycles. The minimum absolute atomic E-state index is 0.315. The molecule has 1 aliphatic heterocycles. The summed E-state index contributed by atoms with van der Waals surface area (Å²) in [7, 11) is 0. The number of aliphatic carboxylic acids is 1. The summed E-state index contributed by atoms with van der Waals surface area (Å²) in [5.74, 6) is -0.844. The molecule has 1 fully saturated rings. The summed E-state index contributed by atoms with van der Waals surface area (Å²) in [5, 5.41) is 27.5. The summed E-state index contributed by atoms with van der Waals surface area (Å²) in [6, 6.07) is 9.08. The third-order valence-electron chi connectivity index (χ3n) is 3.58. The quantitative estimate of drug-likeness (QED) is 0.869. The number of rotatable bonds is 2. The highest BCUT2D eigenvalue weighted by Crippen LogP contribution is 2.36. The monoisotopic (exact) mass is 255 g/mol. The number of benzene rings is 1. The Bertz CT molecular complexity index is 580. The highest BCUT2D eigenvalue weighted by atomic mass is 16.4. The topological polar surface area (TPSA) is 88.1 Å². The molecule has 1 unspecified atom stereocenters. The Hall–Kier alpha value is -2.53. The van der Waals surface area contributed by atoms with Crippen molar-refractivity contribution in [3.05, 3.63) is 29.3 Å². The lowest BCUT2D eigenvalue weighted by atomic mass is 9.90. The van der Waals surface area contributed by atoms with Crippen LogP contribution in [0, 0.1) is 28.1 Å². The smallest absolute Gasteiger partial charge is 0.311 e. The second-order valence-corrected chi connectivity index (χ2v) is 4.96. The van der Waals surface area contributed by atoms with Crippen molar-refractivity contribution in [1.29, 1.82) is 10.5 Å². The third-order valence-corrected chi connectivity index (χ3v) is 3.58. The van der Waals surface area contributed by atoms with Crippen molar-refractivity contribution in [2.75, 3.05) is 18.0 Å². The van der Waals surface area contributed by atoms with Gasteiger partial charge in [-0.1, -0.05) is 6.07 Å². The molecule has 0 radical (unpaired) electrons. The number of hydrogen-bond donors (Lipinski definition) is 1. The summed E-state index contributed by atoms with van der Waals surface area (Å²) in [5.41, 5.74) is 0.551. The van der Waals surface area contributed by atoms with E-state index >= 15 is 0 Å². The Morgan fingerprint density at radius 1 is 1.37 bits per heavy atom. The van der Waals surface area contributed by atoms with E-state index in [9.17, 15) is 9.90 Å². The molecule has 0 spiro atoms. The van der Waals surface area contributed by atoms with Crippen molar-refractivity contribution in [2.24, 2.45) is 5.41 Å². The molecule has 19 heavy (non-hydrogen) atoms. The van der Waals surface area contributed by atoms with Crippen LogP contribution in [0.25, 0.3) is 0 Å². The second-order valence-electron chi connectivity index (χ2n) is 4.96. The van der Waals surface area contributed by atoms with Gasteiger partial charge in [-0.25, -0.2) is 0 Å².